The van der Waals surface area contributed by atoms with E-state index in [4.69, 9.17) is 0 Å². The summed E-state index contributed by atoms with van der Waals surface area (Å²) in [4.78, 5) is 91.4. The lowest BCUT2D eigenvalue weighted by Crippen LogP contribution is -2.62. The number of fused-ring (bicyclic) bond motifs is 1. The van der Waals surface area contributed by atoms with Crippen LogP contribution in [0, 0.1) is 23.2 Å². The monoisotopic (exact) mass is 679 g/mol. The number of carbonyl (C=O) groups excluding carboxylic acids is 6. The van der Waals surface area contributed by atoms with E-state index >= 15 is 0 Å². The Bertz CT molecular complexity index is 1390. The highest BCUT2D eigenvalue weighted by molar-refractivity contribution is 6.38. The summed E-state index contributed by atoms with van der Waals surface area (Å²) in [7, 11) is 0. The minimum Gasteiger partial charge on any atom is -0.347 e. The van der Waals surface area contributed by atoms with Crippen molar-refractivity contribution in [1.29, 1.82) is 0 Å². The highest BCUT2D eigenvalue weighted by Crippen LogP contribution is 2.43. The SMILES string of the molecule is CCC[C@H](NC(=O)[C@H]1[C@@H]2CCC[C@@H]2CN1C(=O)[C@H](NC(=O)[C@@H](NC(=O)c1cnccn1)C1CCCCC1)C(C)(C)C)C(=O)C(=O)NC1CC1. The van der Waals surface area contributed by atoms with Gasteiger partial charge in [-0.3, -0.25) is 33.8 Å². The van der Waals surface area contributed by atoms with Crippen LogP contribution in [-0.4, -0.2) is 86.9 Å². The van der Waals surface area contributed by atoms with E-state index in [2.05, 4.69) is 31.2 Å². The van der Waals surface area contributed by atoms with Gasteiger partial charge in [0.15, 0.2) is 0 Å². The van der Waals surface area contributed by atoms with Crippen LogP contribution in [0.15, 0.2) is 18.6 Å². The number of rotatable bonds is 13. The molecule has 13 nitrogen and oxygen atoms in total. The zero-order valence-corrected chi connectivity index (χ0v) is 29.3. The fourth-order valence-electron chi connectivity index (χ4n) is 7.87. The first kappa shape index (κ1) is 36.4. The Balaban J connectivity index is 1.36. The Morgan fingerprint density at radius 2 is 1.63 bits per heavy atom. The number of nitrogens with zero attached hydrogens (tertiary/aromatic N) is 3. The largest absolute Gasteiger partial charge is 0.347 e. The van der Waals surface area contributed by atoms with E-state index in [9.17, 15) is 28.8 Å². The Kier molecular flexibility index (Phi) is 11.7. The fraction of sp³-hybridized carbons (Fsp3) is 0.722. The molecule has 1 aromatic rings. The first-order chi connectivity index (χ1) is 23.4. The number of nitrogens with one attached hydrogen (secondary N) is 4. The summed E-state index contributed by atoms with van der Waals surface area (Å²) in [6.07, 6.45) is 13.9. The molecule has 1 aliphatic heterocycles. The van der Waals surface area contributed by atoms with E-state index in [0.717, 1.165) is 64.2 Å². The Morgan fingerprint density at radius 1 is 0.898 bits per heavy atom. The van der Waals surface area contributed by atoms with Crippen LogP contribution in [-0.2, 0) is 24.0 Å². The molecule has 6 atom stereocenters. The lowest BCUT2D eigenvalue weighted by molar-refractivity contribution is -0.146. The van der Waals surface area contributed by atoms with E-state index in [1.807, 2.05) is 27.7 Å². The predicted molar refractivity (Wildman–Crippen MR) is 181 cm³/mol. The lowest BCUT2D eigenvalue weighted by Gasteiger charge is -2.38. The summed E-state index contributed by atoms with van der Waals surface area (Å²) < 4.78 is 0. The number of amides is 5. The van der Waals surface area contributed by atoms with Crippen LogP contribution in [0.4, 0.5) is 0 Å². The molecule has 13 heteroatoms. The molecule has 4 fully saturated rings. The number of likely N-dealkylation sites (tertiary alicyclic amines) is 1. The van der Waals surface area contributed by atoms with Gasteiger partial charge in [-0.25, -0.2) is 4.98 Å². The maximum atomic E-state index is 14.6. The Morgan fingerprint density at radius 3 is 2.27 bits per heavy atom. The van der Waals surface area contributed by atoms with Gasteiger partial charge in [0, 0.05) is 25.0 Å². The third-order valence-corrected chi connectivity index (χ3v) is 10.7. The summed E-state index contributed by atoms with van der Waals surface area (Å²) in [5.41, 5.74) is -0.638. The van der Waals surface area contributed by atoms with Crippen molar-refractivity contribution in [2.45, 2.75) is 135 Å². The summed E-state index contributed by atoms with van der Waals surface area (Å²) in [5, 5.41) is 11.5. The summed E-state index contributed by atoms with van der Waals surface area (Å²) in [6.45, 7) is 7.85. The molecule has 3 saturated carbocycles. The van der Waals surface area contributed by atoms with Gasteiger partial charge in [-0.2, -0.15) is 0 Å². The van der Waals surface area contributed by atoms with Gasteiger partial charge in [0.25, 0.3) is 11.8 Å². The molecule has 0 unspecified atom stereocenters. The second-order valence-electron chi connectivity index (χ2n) is 15.5. The van der Waals surface area contributed by atoms with Crippen molar-refractivity contribution >= 4 is 35.3 Å². The molecular formula is C36H53N7O6. The van der Waals surface area contributed by atoms with Gasteiger partial charge in [-0.15, -0.1) is 0 Å². The first-order valence-corrected chi connectivity index (χ1v) is 18.2. The smallest absolute Gasteiger partial charge is 0.289 e. The average Bonchev–Trinajstić information content (AvgIpc) is 3.65. The van der Waals surface area contributed by atoms with E-state index in [1.54, 1.807) is 4.90 Å². The fourth-order valence-corrected chi connectivity index (χ4v) is 7.87. The molecule has 0 spiro atoms. The first-order valence-electron chi connectivity index (χ1n) is 18.2. The second kappa shape index (κ2) is 15.8. The number of hydrogen-bond donors (Lipinski definition) is 4. The standard InChI is InChI=1S/C36H53N7O6/c1-5-10-25(29(44)34(48)39-23-15-16-23)40-33(47)28-24-14-9-13-22(24)20-43(28)35(49)30(36(2,3)4)42-32(46)27(21-11-7-6-8-12-21)41-31(45)26-19-37-17-18-38-26/h17-19,21-25,27-28,30H,5-16,20H2,1-4H3,(H,39,48)(H,40,47)(H,41,45)(H,42,46)/t22-,24-,25+,27+,28-,30+/m1/s1. The van der Waals surface area contributed by atoms with Crippen molar-refractivity contribution in [3.8, 4) is 0 Å². The quantitative estimate of drug-likeness (QED) is 0.230. The van der Waals surface area contributed by atoms with E-state index in [-0.39, 0.29) is 35.4 Å². The molecule has 5 amide bonds. The minimum absolute atomic E-state index is 0.0132. The molecule has 0 aromatic carbocycles. The molecule has 1 aromatic heterocycles. The molecule has 0 bridgehead atoms. The van der Waals surface area contributed by atoms with Gasteiger partial charge in [0.2, 0.25) is 23.5 Å². The van der Waals surface area contributed by atoms with Gasteiger partial charge in [-0.05, 0) is 68.1 Å². The van der Waals surface area contributed by atoms with E-state index < -0.39 is 59.0 Å². The number of hydrogen-bond acceptors (Lipinski definition) is 8. The summed E-state index contributed by atoms with van der Waals surface area (Å²) >= 11 is 0. The van der Waals surface area contributed by atoms with Crippen molar-refractivity contribution in [3.05, 3.63) is 24.3 Å². The van der Waals surface area contributed by atoms with E-state index in [1.165, 1.54) is 18.6 Å². The van der Waals surface area contributed by atoms with Crippen molar-refractivity contribution in [3.63, 3.8) is 0 Å². The topological polar surface area (TPSA) is 180 Å². The molecular weight excluding hydrogens is 626 g/mol. The van der Waals surface area contributed by atoms with Crippen molar-refractivity contribution < 1.29 is 28.8 Å². The van der Waals surface area contributed by atoms with Crippen LogP contribution in [0.1, 0.15) is 115 Å². The molecule has 268 valence electrons. The molecule has 3 aliphatic carbocycles. The van der Waals surface area contributed by atoms with Gasteiger partial charge in [-0.1, -0.05) is 59.8 Å². The van der Waals surface area contributed by atoms with Crippen LogP contribution >= 0.6 is 0 Å². The number of carbonyl (C=O) groups is 6. The molecule has 5 rings (SSSR count). The van der Waals surface area contributed by atoms with Gasteiger partial charge >= 0.3 is 0 Å². The zero-order valence-electron chi connectivity index (χ0n) is 29.3. The molecule has 0 radical (unpaired) electrons. The van der Waals surface area contributed by atoms with E-state index in [0.29, 0.717) is 19.4 Å². The van der Waals surface area contributed by atoms with Crippen LogP contribution in [0.5, 0.6) is 0 Å². The van der Waals surface area contributed by atoms with Crippen molar-refractivity contribution in [2.75, 3.05) is 6.54 Å². The Hall–Kier alpha value is -3.90. The Labute approximate surface area is 288 Å². The lowest BCUT2D eigenvalue weighted by atomic mass is 9.82. The van der Waals surface area contributed by atoms with Gasteiger partial charge in [0.05, 0.1) is 12.2 Å². The zero-order chi connectivity index (χ0) is 35.3. The van der Waals surface area contributed by atoms with Gasteiger partial charge in [0.1, 0.15) is 23.8 Å². The maximum absolute atomic E-state index is 14.6. The summed E-state index contributed by atoms with van der Waals surface area (Å²) in [6, 6.07) is -3.68. The molecule has 49 heavy (non-hydrogen) atoms. The molecule has 1 saturated heterocycles. The predicted octanol–water partition coefficient (Wildman–Crippen LogP) is 2.45. The second-order valence-corrected chi connectivity index (χ2v) is 15.5. The molecule has 4 aliphatic rings. The minimum atomic E-state index is -0.994. The third kappa shape index (κ3) is 8.83. The number of aromatic nitrogens is 2. The number of ketones is 1. The van der Waals surface area contributed by atoms with Crippen molar-refractivity contribution in [2.24, 2.45) is 23.2 Å². The number of Topliss-reactive ketones (excluding diaryl/α,β-unsaturated/α-hetero) is 1. The molecule has 4 N–H and O–H groups in total. The van der Waals surface area contributed by atoms with Crippen LogP contribution in [0.3, 0.4) is 0 Å². The highest BCUT2D eigenvalue weighted by Gasteiger charge is 2.52. The van der Waals surface area contributed by atoms with Crippen LogP contribution in [0.2, 0.25) is 0 Å². The third-order valence-electron chi connectivity index (χ3n) is 10.7. The summed E-state index contributed by atoms with van der Waals surface area (Å²) in [5.74, 6) is -3.20. The van der Waals surface area contributed by atoms with Crippen LogP contribution < -0.4 is 21.3 Å². The average molecular weight is 680 g/mol. The van der Waals surface area contributed by atoms with Crippen molar-refractivity contribution in [1.82, 2.24) is 36.1 Å². The molecule has 2 heterocycles. The normalized spacial score (nSPS) is 24.2. The van der Waals surface area contributed by atoms with Gasteiger partial charge < -0.3 is 26.2 Å². The highest BCUT2D eigenvalue weighted by atomic mass is 16.2. The maximum Gasteiger partial charge on any atom is 0.289 e. The van der Waals surface area contributed by atoms with Crippen LogP contribution in [0.25, 0.3) is 0 Å².